The van der Waals surface area contributed by atoms with Crippen molar-refractivity contribution in [3.8, 4) is 11.3 Å². The third-order valence-corrected chi connectivity index (χ3v) is 7.33. The molecule has 1 atom stereocenters. The molecule has 170 valence electrons. The zero-order valence-electron chi connectivity index (χ0n) is 19.2. The molecule has 0 unspecified atom stereocenters. The summed E-state index contributed by atoms with van der Waals surface area (Å²) in [5.41, 5.74) is 5.71. The second-order valence-electron chi connectivity index (χ2n) is 7.98. The molecule has 1 aliphatic heterocycles. The number of hydrogen-bond acceptors (Lipinski definition) is 7. The van der Waals surface area contributed by atoms with E-state index in [0.29, 0.717) is 17.4 Å². The van der Waals surface area contributed by atoms with E-state index in [9.17, 15) is 0 Å². The van der Waals surface area contributed by atoms with E-state index in [1.165, 1.54) is 4.90 Å². The number of nitrogens with one attached hydrogen (secondary N) is 2. The summed E-state index contributed by atoms with van der Waals surface area (Å²) in [6.07, 6.45) is 9.10. The molecule has 0 spiro atoms. The first kappa shape index (κ1) is 23.5. The monoisotopic (exact) mass is 475 g/mol. The van der Waals surface area contributed by atoms with Crippen LogP contribution in [0.2, 0.25) is 0 Å². The minimum Gasteiger partial charge on any atom is -0.386 e. The van der Waals surface area contributed by atoms with Gasteiger partial charge < -0.3 is 5.32 Å². The highest BCUT2D eigenvalue weighted by Crippen LogP contribution is 2.26. The SMILES string of the molecule is CSc1ccc(-c2cc(/C(=C/N[C@@H]3CCN(SC)C3)C(=N)c3cccc(C)n3)ccn2)cc1. The second-order valence-corrected chi connectivity index (χ2v) is 9.74. The average molecular weight is 476 g/mol. The second kappa shape index (κ2) is 11.0. The molecule has 5 nitrogen and oxygen atoms in total. The Bertz CT molecular complexity index is 1140. The van der Waals surface area contributed by atoms with Gasteiger partial charge in [-0.15, -0.1) is 11.8 Å². The van der Waals surface area contributed by atoms with Gasteiger partial charge in [0.2, 0.25) is 0 Å². The Morgan fingerprint density at radius 1 is 1.15 bits per heavy atom. The van der Waals surface area contributed by atoms with Gasteiger partial charge in [0.15, 0.2) is 0 Å². The molecular formula is C26H29N5S2. The van der Waals surface area contributed by atoms with Crippen molar-refractivity contribution in [2.75, 3.05) is 25.6 Å². The van der Waals surface area contributed by atoms with Crippen molar-refractivity contribution < 1.29 is 0 Å². The smallest absolute Gasteiger partial charge is 0.0889 e. The number of rotatable bonds is 8. The van der Waals surface area contributed by atoms with Gasteiger partial charge in [-0.05, 0) is 67.8 Å². The number of nitrogens with zero attached hydrogens (tertiary/aromatic N) is 3. The zero-order chi connectivity index (χ0) is 23.2. The van der Waals surface area contributed by atoms with E-state index in [0.717, 1.165) is 47.6 Å². The number of aromatic nitrogens is 2. The Balaban J connectivity index is 1.68. The van der Waals surface area contributed by atoms with Crippen LogP contribution in [0.5, 0.6) is 0 Å². The lowest BCUT2D eigenvalue weighted by atomic mass is 9.98. The van der Waals surface area contributed by atoms with Crippen LogP contribution in [0.1, 0.15) is 23.4 Å². The van der Waals surface area contributed by atoms with Crippen molar-refractivity contribution in [2.24, 2.45) is 0 Å². The normalized spacial score (nSPS) is 16.7. The van der Waals surface area contributed by atoms with E-state index >= 15 is 0 Å². The average Bonchev–Trinajstić information content (AvgIpc) is 3.32. The van der Waals surface area contributed by atoms with Crippen LogP contribution in [0, 0.1) is 12.3 Å². The van der Waals surface area contributed by atoms with E-state index < -0.39 is 0 Å². The fourth-order valence-electron chi connectivity index (χ4n) is 3.87. The van der Waals surface area contributed by atoms with Gasteiger partial charge in [0.1, 0.15) is 0 Å². The van der Waals surface area contributed by atoms with Crippen LogP contribution in [0.15, 0.2) is 71.9 Å². The van der Waals surface area contributed by atoms with Crippen molar-refractivity contribution >= 4 is 35.0 Å². The lowest BCUT2D eigenvalue weighted by Crippen LogP contribution is -2.27. The summed E-state index contributed by atoms with van der Waals surface area (Å²) in [5.74, 6) is 0. The predicted octanol–water partition coefficient (Wildman–Crippen LogP) is 5.52. The molecule has 0 radical (unpaired) electrons. The molecule has 2 aromatic heterocycles. The highest BCUT2D eigenvalue weighted by Gasteiger charge is 2.21. The topological polar surface area (TPSA) is 64.9 Å². The van der Waals surface area contributed by atoms with Crippen LogP contribution in [0.3, 0.4) is 0 Å². The minimum atomic E-state index is 0.367. The predicted molar refractivity (Wildman–Crippen MR) is 142 cm³/mol. The van der Waals surface area contributed by atoms with E-state index in [1.54, 1.807) is 23.7 Å². The fraction of sp³-hybridized carbons (Fsp3) is 0.269. The molecule has 1 fully saturated rings. The summed E-state index contributed by atoms with van der Waals surface area (Å²) >= 11 is 3.51. The fourth-order valence-corrected chi connectivity index (χ4v) is 4.89. The van der Waals surface area contributed by atoms with Crippen LogP contribution in [-0.4, -0.2) is 51.6 Å². The van der Waals surface area contributed by atoms with Crippen LogP contribution >= 0.6 is 23.7 Å². The molecular weight excluding hydrogens is 446 g/mol. The maximum atomic E-state index is 8.99. The first-order chi connectivity index (χ1) is 16.1. The molecule has 7 heteroatoms. The first-order valence-electron chi connectivity index (χ1n) is 11.0. The van der Waals surface area contributed by atoms with E-state index in [4.69, 9.17) is 5.41 Å². The Kier molecular flexibility index (Phi) is 7.85. The Labute approximate surface area is 204 Å². The third-order valence-electron chi connectivity index (χ3n) is 5.74. The molecule has 0 amide bonds. The van der Waals surface area contributed by atoms with Crippen molar-refractivity contribution in [1.29, 1.82) is 5.41 Å². The molecule has 4 rings (SSSR count). The third kappa shape index (κ3) is 5.85. The molecule has 33 heavy (non-hydrogen) atoms. The summed E-state index contributed by atoms with van der Waals surface area (Å²) in [7, 11) is 0. The van der Waals surface area contributed by atoms with Gasteiger partial charge in [0.05, 0.1) is 17.1 Å². The maximum absolute atomic E-state index is 8.99. The minimum absolute atomic E-state index is 0.367. The van der Waals surface area contributed by atoms with E-state index in [2.05, 4.69) is 62.4 Å². The number of hydrogen-bond donors (Lipinski definition) is 2. The van der Waals surface area contributed by atoms with Crippen LogP contribution in [-0.2, 0) is 0 Å². The van der Waals surface area contributed by atoms with Crippen LogP contribution < -0.4 is 5.32 Å². The van der Waals surface area contributed by atoms with Crippen LogP contribution in [0.4, 0.5) is 0 Å². The number of allylic oxidation sites excluding steroid dienone is 1. The number of aryl methyl sites for hydroxylation is 1. The highest BCUT2D eigenvalue weighted by atomic mass is 32.2. The number of thioether (sulfide) groups is 1. The maximum Gasteiger partial charge on any atom is 0.0889 e. The lowest BCUT2D eigenvalue weighted by Gasteiger charge is -2.16. The molecule has 3 heterocycles. The zero-order valence-corrected chi connectivity index (χ0v) is 20.8. The molecule has 1 aromatic carbocycles. The van der Waals surface area contributed by atoms with Gasteiger partial charge in [-0.3, -0.25) is 15.4 Å². The van der Waals surface area contributed by atoms with Gasteiger partial charge in [0, 0.05) is 53.3 Å². The van der Waals surface area contributed by atoms with Gasteiger partial charge in [-0.1, -0.05) is 30.1 Å². The first-order valence-corrected chi connectivity index (χ1v) is 13.4. The van der Waals surface area contributed by atoms with Crippen molar-refractivity contribution in [2.45, 2.75) is 24.3 Å². The molecule has 0 bridgehead atoms. The molecule has 0 aliphatic carbocycles. The molecule has 2 N–H and O–H groups in total. The molecule has 1 aliphatic rings. The lowest BCUT2D eigenvalue weighted by molar-refractivity contribution is 0.554. The van der Waals surface area contributed by atoms with Crippen molar-refractivity contribution in [3.63, 3.8) is 0 Å². The number of benzene rings is 1. The number of pyridine rings is 2. The Morgan fingerprint density at radius 3 is 2.67 bits per heavy atom. The van der Waals surface area contributed by atoms with Crippen molar-refractivity contribution in [3.05, 3.63) is 83.9 Å². The quantitative estimate of drug-likeness (QED) is 0.254. The van der Waals surface area contributed by atoms with Gasteiger partial charge >= 0.3 is 0 Å². The molecule has 0 saturated carbocycles. The van der Waals surface area contributed by atoms with Crippen molar-refractivity contribution in [1.82, 2.24) is 19.6 Å². The Hall–Kier alpha value is -2.61. The summed E-state index contributed by atoms with van der Waals surface area (Å²) in [6.45, 7) is 4.02. The molecule has 3 aromatic rings. The van der Waals surface area contributed by atoms with Gasteiger partial charge in [0.25, 0.3) is 0 Å². The summed E-state index contributed by atoms with van der Waals surface area (Å²) in [5, 5.41) is 12.6. The van der Waals surface area contributed by atoms with E-state index in [1.807, 2.05) is 43.6 Å². The summed E-state index contributed by atoms with van der Waals surface area (Å²) < 4.78 is 2.36. The van der Waals surface area contributed by atoms with Gasteiger partial charge in [-0.2, -0.15) is 0 Å². The summed E-state index contributed by atoms with van der Waals surface area (Å²) in [4.78, 5) is 10.4. The van der Waals surface area contributed by atoms with E-state index in [-0.39, 0.29) is 0 Å². The molecule has 1 saturated heterocycles. The highest BCUT2D eigenvalue weighted by molar-refractivity contribution is 7.98. The standard InChI is InChI=1S/C26H29N5S2/c1-18-5-4-6-24(30-18)26(27)23(16-29-21-12-14-31(17-21)33-3)20-11-13-28-25(15-20)19-7-9-22(32-2)10-8-19/h4-11,13,15-16,21,27,29H,12,14,17H2,1-3H3/b23-16-,27-26?/t21-/m1/s1. The summed E-state index contributed by atoms with van der Waals surface area (Å²) in [6, 6.07) is 18.6. The van der Waals surface area contributed by atoms with Gasteiger partial charge in [-0.25, -0.2) is 4.31 Å². The largest absolute Gasteiger partial charge is 0.386 e. The Morgan fingerprint density at radius 2 is 1.97 bits per heavy atom. The van der Waals surface area contributed by atoms with Crippen LogP contribution in [0.25, 0.3) is 16.8 Å².